The maximum atomic E-state index is 12.9. The van der Waals surface area contributed by atoms with E-state index in [1.807, 2.05) is 31.2 Å². The second-order valence-electron chi connectivity index (χ2n) is 6.08. The van der Waals surface area contributed by atoms with E-state index in [1.165, 1.54) is 0 Å². The maximum absolute atomic E-state index is 12.9. The molecule has 122 valence electrons. The Labute approximate surface area is 144 Å². The first-order valence-corrected chi connectivity index (χ1v) is 9.60. The SMILES string of the molecule is Cc1ccc(S(=O)(=O)[C@@H]2[C@H](c3ccc(Br)cc3)[C@]2(N)CO)cc1. The van der Waals surface area contributed by atoms with E-state index in [2.05, 4.69) is 15.9 Å². The number of benzene rings is 2. The van der Waals surface area contributed by atoms with Crippen LogP contribution in [0.2, 0.25) is 0 Å². The number of hydrogen-bond acceptors (Lipinski definition) is 4. The lowest BCUT2D eigenvalue weighted by Crippen LogP contribution is -2.35. The van der Waals surface area contributed by atoms with Crippen molar-refractivity contribution in [3.63, 3.8) is 0 Å². The van der Waals surface area contributed by atoms with Gasteiger partial charge in [0, 0.05) is 10.4 Å². The molecule has 0 amide bonds. The van der Waals surface area contributed by atoms with Crippen LogP contribution in [0.1, 0.15) is 17.0 Å². The van der Waals surface area contributed by atoms with Crippen molar-refractivity contribution in [3.05, 3.63) is 64.1 Å². The van der Waals surface area contributed by atoms with Crippen molar-refractivity contribution in [1.29, 1.82) is 0 Å². The number of sulfone groups is 1. The fourth-order valence-electron chi connectivity index (χ4n) is 3.11. The summed E-state index contributed by atoms with van der Waals surface area (Å²) >= 11 is 3.36. The van der Waals surface area contributed by atoms with Crippen molar-refractivity contribution in [3.8, 4) is 0 Å². The molecule has 4 nitrogen and oxygen atoms in total. The van der Waals surface area contributed by atoms with Crippen LogP contribution in [0.15, 0.2) is 57.9 Å². The number of aliphatic hydroxyl groups is 1. The molecule has 2 aromatic rings. The molecule has 1 aliphatic rings. The van der Waals surface area contributed by atoms with Gasteiger partial charge in [0.05, 0.1) is 22.3 Å². The molecule has 3 atom stereocenters. The molecule has 0 saturated heterocycles. The normalized spacial score (nSPS) is 27.0. The predicted octanol–water partition coefficient (Wildman–Crippen LogP) is 2.39. The number of rotatable bonds is 4. The highest BCUT2D eigenvalue weighted by molar-refractivity contribution is 9.10. The number of halogens is 1. The lowest BCUT2D eigenvalue weighted by Gasteiger charge is -2.08. The van der Waals surface area contributed by atoms with Crippen molar-refractivity contribution in [1.82, 2.24) is 0 Å². The van der Waals surface area contributed by atoms with Crippen LogP contribution >= 0.6 is 15.9 Å². The van der Waals surface area contributed by atoms with Gasteiger partial charge in [-0.1, -0.05) is 45.8 Å². The Hall–Kier alpha value is -1.21. The highest BCUT2D eigenvalue weighted by atomic mass is 79.9. The van der Waals surface area contributed by atoms with E-state index in [0.29, 0.717) is 0 Å². The zero-order valence-corrected chi connectivity index (χ0v) is 15.0. The molecule has 6 heteroatoms. The topological polar surface area (TPSA) is 80.4 Å². The first-order valence-electron chi connectivity index (χ1n) is 7.26. The summed E-state index contributed by atoms with van der Waals surface area (Å²) in [6, 6.07) is 14.1. The molecule has 23 heavy (non-hydrogen) atoms. The molecular formula is C17H18BrNO3S. The summed E-state index contributed by atoms with van der Waals surface area (Å²) in [4.78, 5) is 0.246. The third kappa shape index (κ3) is 2.74. The molecule has 1 saturated carbocycles. The lowest BCUT2D eigenvalue weighted by molar-refractivity contribution is 0.253. The molecule has 0 aromatic heterocycles. The van der Waals surface area contributed by atoms with Gasteiger partial charge in [0.2, 0.25) is 0 Å². The van der Waals surface area contributed by atoms with Crippen LogP contribution in [0.5, 0.6) is 0 Å². The summed E-state index contributed by atoms with van der Waals surface area (Å²) in [7, 11) is -3.61. The Morgan fingerprint density at radius 1 is 1.13 bits per heavy atom. The van der Waals surface area contributed by atoms with Gasteiger partial charge in [-0.3, -0.25) is 0 Å². The molecule has 0 bridgehead atoms. The number of hydrogen-bond donors (Lipinski definition) is 2. The van der Waals surface area contributed by atoms with Gasteiger partial charge in [0.1, 0.15) is 0 Å². The maximum Gasteiger partial charge on any atom is 0.183 e. The number of aliphatic hydroxyl groups excluding tert-OH is 1. The zero-order chi connectivity index (χ0) is 16.8. The average Bonchev–Trinajstić information content (AvgIpc) is 3.16. The van der Waals surface area contributed by atoms with E-state index in [4.69, 9.17) is 5.73 Å². The molecule has 3 rings (SSSR count). The zero-order valence-electron chi connectivity index (χ0n) is 12.6. The van der Waals surface area contributed by atoms with Gasteiger partial charge in [-0.15, -0.1) is 0 Å². The largest absolute Gasteiger partial charge is 0.394 e. The van der Waals surface area contributed by atoms with E-state index < -0.39 is 26.5 Å². The van der Waals surface area contributed by atoms with E-state index in [-0.39, 0.29) is 11.5 Å². The number of nitrogens with two attached hydrogens (primary N) is 1. The third-order valence-electron chi connectivity index (χ3n) is 4.49. The molecule has 0 unspecified atom stereocenters. The fraction of sp³-hybridized carbons (Fsp3) is 0.294. The fourth-order valence-corrected chi connectivity index (χ4v) is 5.67. The molecule has 0 aliphatic heterocycles. The smallest absolute Gasteiger partial charge is 0.183 e. The summed E-state index contributed by atoms with van der Waals surface area (Å²) in [5, 5.41) is 8.86. The molecule has 0 heterocycles. The quantitative estimate of drug-likeness (QED) is 0.832. The van der Waals surface area contributed by atoms with Crippen LogP contribution in [0, 0.1) is 6.92 Å². The standard InChI is InChI=1S/C17H18BrNO3S/c1-11-2-8-14(9-3-11)23(21,22)16-15(17(16,19)10-20)12-4-6-13(18)7-5-12/h2-9,15-16,20H,10,19H2,1H3/t15-,16+,17+/m0/s1. The summed E-state index contributed by atoms with van der Waals surface area (Å²) < 4.78 is 26.8. The lowest BCUT2D eigenvalue weighted by atomic mass is 10.1. The summed E-state index contributed by atoms with van der Waals surface area (Å²) in [5.41, 5.74) is 6.89. The van der Waals surface area contributed by atoms with Crippen LogP contribution in [-0.2, 0) is 9.84 Å². The molecular weight excluding hydrogens is 378 g/mol. The minimum atomic E-state index is -3.61. The van der Waals surface area contributed by atoms with Crippen molar-refractivity contribution in [2.24, 2.45) is 5.73 Å². The molecule has 2 aromatic carbocycles. The van der Waals surface area contributed by atoms with E-state index >= 15 is 0 Å². The van der Waals surface area contributed by atoms with E-state index in [1.54, 1.807) is 24.3 Å². The van der Waals surface area contributed by atoms with Crippen LogP contribution in [0.3, 0.4) is 0 Å². The van der Waals surface area contributed by atoms with Crippen molar-refractivity contribution >= 4 is 25.8 Å². The summed E-state index contributed by atoms with van der Waals surface area (Å²) in [5.74, 6) is -0.410. The van der Waals surface area contributed by atoms with Crippen molar-refractivity contribution in [2.75, 3.05) is 6.61 Å². The van der Waals surface area contributed by atoms with E-state index in [9.17, 15) is 13.5 Å². The van der Waals surface area contributed by atoms with Gasteiger partial charge in [0.15, 0.2) is 9.84 Å². The van der Waals surface area contributed by atoms with Gasteiger partial charge < -0.3 is 10.8 Å². The Balaban J connectivity index is 2.01. The minimum Gasteiger partial charge on any atom is -0.394 e. The van der Waals surface area contributed by atoms with Gasteiger partial charge in [0.25, 0.3) is 0 Å². The van der Waals surface area contributed by atoms with Crippen LogP contribution in [0.25, 0.3) is 0 Å². The molecule has 1 fully saturated rings. The van der Waals surface area contributed by atoms with Crippen molar-refractivity contribution in [2.45, 2.75) is 28.5 Å². The number of aryl methyl sites for hydroxylation is 1. The van der Waals surface area contributed by atoms with Gasteiger partial charge in [-0.25, -0.2) is 8.42 Å². The molecule has 3 N–H and O–H groups in total. The molecule has 1 aliphatic carbocycles. The van der Waals surface area contributed by atoms with Crippen LogP contribution < -0.4 is 5.73 Å². The van der Waals surface area contributed by atoms with Gasteiger partial charge in [-0.2, -0.15) is 0 Å². The first kappa shape index (κ1) is 16.6. The highest BCUT2D eigenvalue weighted by Crippen LogP contribution is 2.55. The van der Waals surface area contributed by atoms with E-state index in [0.717, 1.165) is 15.6 Å². The Bertz CT molecular complexity index is 818. The monoisotopic (exact) mass is 395 g/mol. The van der Waals surface area contributed by atoms with Gasteiger partial charge in [-0.05, 0) is 36.8 Å². The second-order valence-corrected chi connectivity index (χ2v) is 9.06. The van der Waals surface area contributed by atoms with Gasteiger partial charge >= 0.3 is 0 Å². The summed E-state index contributed by atoms with van der Waals surface area (Å²) in [6.45, 7) is 1.53. The average molecular weight is 396 g/mol. The second kappa shape index (κ2) is 5.70. The van der Waals surface area contributed by atoms with Crippen molar-refractivity contribution < 1.29 is 13.5 Å². The molecule has 0 radical (unpaired) electrons. The first-order chi connectivity index (χ1) is 10.8. The Morgan fingerprint density at radius 3 is 2.22 bits per heavy atom. The Morgan fingerprint density at radius 2 is 1.70 bits per heavy atom. The predicted molar refractivity (Wildman–Crippen MR) is 93.0 cm³/mol. The highest BCUT2D eigenvalue weighted by Gasteiger charge is 2.69. The Kier molecular flexibility index (Phi) is 4.13. The minimum absolute atomic E-state index is 0.246. The van der Waals surface area contributed by atoms with Crippen LogP contribution in [0.4, 0.5) is 0 Å². The molecule has 0 spiro atoms. The summed E-state index contributed by atoms with van der Waals surface area (Å²) in [6.07, 6.45) is 0. The third-order valence-corrected chi connectivity index (χ3v) is 7.33. The van der Waals surface area contributed by atoms with Crippen LogP contribution in [-0.4, -0.2) is 30.9 Å².